The molecule has 3 fully saturated rings. The molecule has 4 heterocycles. The first kappa shape index (κ1) is 42.1. The number of urea groups is 1. The summed E-state index contributed by atoms with van der Waals surface area (Å²) in [5.41, 5.74) is 2.96. The number of aromatic nitrogens is 1. The maximum atomic E-state index is 13.5. The van der Waals surface area contributed by atoms with Crippen molar-refractivity contribution in [1.29, 1.82) is 0 Å². The van der Waals surface area contributed by atoms with Gasteiger partial charge in [0.2, 0.25) is 10.0 Å². The number of piperidine rings is 3. The number of sulfonamides is 1. The third-order valence-corrected chi connectivity index (χ3v) is 11.9. The zero-order valence-corrected chi connectivity index (χ0v) is 35.7. The lowest BCUT2D eigenvalue weighted by molar-refractivity contribution is 0.0202. The van der Waals surface area contributed by atoms with Gasteiger partial charge in [-0.1, -0.05) is 45.0 Å². The maximum Gasteiger partial charge on any atom is 0.323 e. The van der Waals surface area contributed by atoms with E-state index in [4.69, 9.17) is 14.2 Å². The number of hydrogen-bond acceptors (Lipinski definition) is 10. The standard InChI is InChI=1S/C45H53N7O7S/c1-44(2,3)29-25-36(41(58-5)37(26-29)51-60(6,55)56)50-43(54)49-35-13-14-38(33-10-8-7-9-32(33)35)59-31-15-20-46-40(28-31)48-30-11-12-34(39(27-30)57-4)42(53)47-21-16-45-17-22-52(23-18-45)24-19-45/h7-15,20,25-28,51H,16-19,21-24H2,1-6H3,(H,46,48)(H,47,53)(H2,49,50,54). The summed E-state index contributed by atoms with van der Waals surface area (Å²) in [5, 5.41) is 13.7. The van der Waals surface area contributed by atoms with Crippen LogP contribution in [0, 0.1) is 5.41 Å². The molecule has 3 aliphatic heterocycles. The molecule has 5 N–H and O–H groups in total. The van der Waals surface area contributed by atoms with E-state index in [9.17, 15) is 18.0 Å². The third-order valence-electron chi connectivity index (χ3n) is 11.3. The number of amides is 3. The van der Waals surface area contributed by atoms with Gasteiger partial charge in [0.05, 0.1) is 43.1 Å². The highest BCUT2D eigenvalue weighted by Gasteiger charge is 2.38. The van der Waals surface area contributed by atoms with Gasteiger partial charge >= 0.3 is 6.03 Å². The normalized spacial score (nSPS) is 17.4. The van der Waals surface area contributed by atoms with Crippen LogP contribution in [0.4, 0.5) is 33.4 Å². The number of pyridine rings is 1. The molecule has 3 saturated heterocycles. The van der Waals surface area contributed by atoms with Crippen LogP contribution in [-0.4, -0.2) is 76.9 Å². The summed E-state index contributed by atoms with van der Waals surface area (Å²) < 4.78 is 44.5. The maximum absolute atomic E-state index is 13.5. The molecule has 316 valence electrons. The Morgan fingerprint density at radius 1 is 0.817 bits per heavy atom. The van der Waals surface area contributed by atoms with Crippen molar-refractivity contribution in [3.63, 3.8) is 0 Å². The number of methoxy groups -OCH3 is 2. The monoisotopic (exact) mass is 835 g/mol. The molecule has 0 aliphatic carbocycles. The second-order valence-electron chi connectivity index (χ2n) is 16.6. The zero-order chi connectivity index (χ0) is 42.7. The van der Waals surface area contributed by atoms with E-state index >= 15 is 0 Å². The highest BCUT2D eigenvalue weighted by molar-refractivity contribution is 7.92. The summed E-state index contributed by atoms with van der Waals surface area (Å²) in [7, 11) is -0.682. The Morgan fingerprint density at radius 3 is 2.20 bits per heavy atom. The van der Waals surface area contributed by atoms with Gasteiger partial charge in [0.15, 0.2) is 5.75 Å². The van der Waals surface area contributed by atoms with Crippen LogP contribution in [0.2, 0.25) is 0 Å². The van der Waals surface area contributed by atoms with Crippen LogP contribution in [0.25, 0.3) is 10.8 Å². The van der Waals surface area contributed by atoms with Gasteiger partial charge in [-0.05, 0) is 104 Å². The molecule has 60 heavy (non-hydrogen) atoms. The fourth-order valence-corrected chi connectivity index (χ4v) is 8.53. The minimum Gasteiger partial charge on any atom is -0.496 e. The third kappa shape index (κ3) is 9.86. The van der Waals surface area contributed by atoms with Crippen LogP contribution in [0.3, 0.4) is 0 Å². The van der Waals surface area contributed by atoms with Gasteiger partial charge in [-0.25, -0.2) is 18.2 Å². The van der Waals surface area contributed by atoms with E-state index in [2.05, 4.69) is 35.9 Å². The predicted molar refractivity (Wildman–Crippen MR) is 237 cm³/mol. The highest BCUT2D eigenvalue weighted by atomic mass is 32.2. The van der Waals surface area contributed by atoms with Crippen molar-refractivity contribution in [3.8, 4) is 23.0 Å². The molecule has 0 unspecified atom stereocenters. The zero-order valence-electron chi connectivity index (χ0n) is 34.9. The summed E-state index contributed by atoms with van der Waals surface area (Å²) in [6, 6.07) is 22.8. The molecule has 3 aliphatic rings. The van der Waals surface area contributed by atoms with Crippen molar-refractivity contribution in [2.75, 3.05) is 67.3 Å². The van der Waals surface area contributed by atoms with Crippen LogP contribution >= 0.6 is 0 Å². The van der Waals surface area contributed by atoms with E-state index in [1.807, 2.05) is 51.1 Å². The molecular weight excluding hydrogens is 783 g/mol. The number of anilines is 5. The Kier molecular flexibility index (Phi) is 12.1. The fraction of sp³-hybridized carbons (Fsp3) is 0.356. The summed E-state index contributed by atoms with van der Waals surface area (Å²) in [6.07, 6.45) is 7.30. The molecular formula is C45H53N7O7S. The summed E-state index contributed by atoms with van der Waals surface area (Å²) >= 11 is 0. The number of ether oxygens (including phenoxy) is 3. The highest BCUT2D eigenvalue weighted by Crippen LogP contribution is 2.43. The van der Waals surface area contributed by atoms with Gasteiger partial charge in [0, 0.05) is 41.3 Å². The SMILES string of the molecule is COc1cc(Nc2cc(Oc3ccc(NC(=O)Nc4cc(C(C)(C)C)cc(NS(C)(=O)=O)c4OC)c4ccccc34)ccn2)ccc1C(=O)NCCC12CCN(CC1)CC2. The largest absolute Gasteiger partial charge is 0.496 e. The van der Waals surface area contributed by atoms with Crippen LogP contribution in [0.15, 0.2) is 85.1 Å². The minimum atomic E-state index is -3.64. The number of carbonyl (C=O) groups is 2. The average Bonchev–Trinajstić information content (AvgIpc) is 3.21. The second-order valence-corrected chi connectivity index (χ2v) is 18.3. The number of rotatable bonds is 14. The number of hydrogen-bond donors (Lipinski definition) is 5. The Bertz CT molecular complexity index is 2500. The number of benzene rings is 4. The number of nitrogens with zero attached hydrogens (tertiary/aromatic N) is 2. The van der Waals surface area contributed by atoms with Crippen molar-refractivity contribution in [1.82, 2.24) is 15.2 Å². The first-order valence-electron chi connectivity index (χ1n) is 20.0. The van der Waals surface area contributed by atoms with E-state index in [-0.39, 0.29) is 22.8 Å². The molecule has 15 heteroatoms. The van der Waals surface area contributed by atoms with Gasteiger partial charge in [-0.15, -0.1) is 0 Å². The van der Waals surface area contributed by atoms with Gasteiger partial charge in [-0.2, -0.15) is 0 Å². The van der Waals surface area contributed by atoms with E-state index in [1.54, 1.807) is 61.8 Å². The summed E-state index contributed by atoms with van der Waals surface area (Å²) in [5.74, 6) is 2.06. The molecule has 5 aromatic rings. The molecule has 4 aromatic carbocycles. The predicted octanol–water partition coefficient (Wildman–Crippen LogP) is 8.71. The Balaban J connectivity index is 1.03. The molecule has 1 aromatic heterocycles. The quantitative estimate of drug-likeness (QED) is 0.0729. The van der Waals surface area contributed by atoms with Crippen molar-refractivity contribution >= 4 is 61.3 Å². The smallest absolute Gasteiger partial charge is 0.323 e. The molecule has 0 spiro atoms. The number of fused-ring (bicyclic) bond motifs is 4. The fourth-order valence-electron chi connectivity index (χ4n) is 7.98. The molecule has 0 radical (unpaired) electrons. The Morgan fingerprint density at radius 2 is 1.52 bits per heavy atom. The Hall–Kier alpha value is -6.06. The molecule has 14 nitrogen and oxygen atoms in total. The molecule has 3 amide bonds. The molecule has 0 saturated carbocycles. The second kappa shape index (κ2) is 17.3. The van der Waals surface area contributed by atoms with Gasteiger partial charge < -0.3 is 40.4 Å². The lowest BCUT2D eigenvalue weighted by atomic mass is 9.70. The van der Waals surface area contributed by atoms with Crippen LogP contribution < -0.4 is 40.2 Å². The lowest BCUT2D eigenvalue weighted by Crippen LogP contribution is -2.49. The van der Waals surface area contributed by atoms with E-state index < -0.39 is 16.1 Å². The first-order chi connectivity index (χ1) is 28.6. The topological polar surface area (TPSA) is 172 Å². The van der Waals surface area contributed by atoms with Gasteiger partial charge in [0.25, 0.3) is 5.91 Å². The van der Waals surface area contributed by atoms with E-state index in [0.717, 1.165) is 48.6 Å². The first-order valence-corrected chi connectivity index (χ1v) is 21.9. The Labute approximate surface area is 351 Å². The van der Waals surface area contributed by atoms with Crippen LogP contribution in [-0.2, 0) is 15.4 Å². The van der Waals surface area contributed by atoms with Crippen LogP contribution in [0.1, 0.15) is 62.4 Å². The lowest BCUT2D eigenvalue weighted by Gasteiger charge is -2.48. The minimum absolute atomic E-state index is 0.158. The number of carbonyl (C=O) groups excluding carboxylic acids is 2. The molecule has 8 rings (SSSR count). The van der Waals surface area contributed by atoms with E-state index in [0.29, 0.717) is 57.7 Å². The van der Waals surface area contributed by atoms with Crippen molar-refractivity contribution < 1.29 is 32.2 Å². The van der Waals surface area contributed by atoms with Gasteiger partial charge in [-0.3, -0.25) is 9.52 Å². The van der Waals surface area contributed by atoms with E-state index in [1.165, 1.54) is 26.4 Å². The van der Waals surface area contributed by atoms with Gasteiger partial charge in [0.1, 0.15) is 23.1 Å². The molecule has 0 atom stereocenters. The summed E-state index contributed by atoms with van der Waals surface area (Å²) in [6.45, 7) is 10.1. The summed E-state index contributed by atoms with van der Waals surface area (Å²) in [4.78, 5) is 33.8. The van der Waals surface area contributed by atoms with Crippen molar-refractivity contribution in [2.45, 2.75) is 51.9 Å². The van der Waals surface area contributed by atoms with Crippen LogP contribution in [0.5, 0.6) is 23.0 Å². The molecule has 2 bridgehead atoms. The average molecular weight is 836 g/mol. The van der Waals surface area contributed by atoms with Crippen molar-refractivity contribution in [2.24, 2.45) is 5.41 Å². The number of nitrogens with one attached hydrogen (secondary N) is 5. The van der Waals surface area contributed by atoms with Crippen molar-refractivity contribution in [3.05, 3.63) is 96.2 Å².